The van der Waals surface area contributed by atoms with E-state index in [9.17, 15) is 0 Å². The van der Waals surface area contributed by atoms with Crippen LogP contribution >= 0.6 is 50.5 Å². The van der Waals surface area contributed by atoms with Gasteiger partial charge in [-0.3, -0.25) is 0 Å². The molecule has 0 saturated carbocycles. The third-order valence-electron chi connectivity index (χ3n) is 2.59. The van der Waals surface area contributed by atoms with Gasteiger partial charge in [-0.15, -0.1) is 11.3 Å². The van der Waals surface area contributed by atoms with E-state index in [1.807, 2.05) is 25.1 Å². The molecule has 0 spiro atoms. The number of thiophene rings is 1. The molecule has 1 nitrogen and oxygen atoms in total. The summed E-state index contributed by atoms with van der Waals surface area (Å²) in [6, 6.07) is 7.67. The van der Waals surface area contributed by atoms with Crippen LogP contribution in [0.2, 0.25) is 9.36 Å². The normalized spacial score (nSPS) is 12.5. The summed E-state index contributed by atoms with van der Waals surface area (Å²) in [4.78, 5) is 1.17. The minimum Gasteiger partial charge on any atom is -0.496 e. The van der Waals surface area contributed by atoms with Crippen LogP contribution in [0.4, 0.5) is 0 Å². The van der Waals surface area contributed by atoms with E-state index in [0.717, 1.165) is 26.1 Å². The molecule has 0 fully saturated rings. The summed E-state index contributed by atoms with van der Waals surface area (Å²) in [6.07, 6.45) is 0. The van der Waals surface area contributed by atoms with E-state index in [-0.39, 0.29) is 4.83 Å². The molecule has 0 saturated heterocycles. The van der Waals surface area contributed by atoms with Crippen molar-refractivity contribution in [3.05, 3.63) is 49.6 Å². The molecule has 1 aromatic heterocycles. The predicted octanol–water partition coefficient (Wildman–Crippen LogP) is 5.86. The van der Waals surface area contributed by atoms with Gasteiger partial charge < -0.3 is 4.74 Å². The molecule has 2 aromatic rings. The monoisotopic (exact) mass is 364 g/mol. The average molecular weight is 366 g/mol. The lowest BCUT2D eigenvalue weighted by Gasteiger charge is -2.13. The van der Waals surface area contributed by atoms with Crippen molar-refractivity contribution in [3.8, 4) is 5.75 Å². The van der Waals surface area contributed by atoms with E-state index in [2.05, 4.69) is 22.0 Å². The first-order chi connectivity index (χ1) is 8.52. The molecule has 1 heterocycles. The Bertz CT molecular complexity index is 549. The van der Waals surface area contributed by atoms with Gasteiger partial charge in [0.1, 0.15) is 5.75 Å². The largest absolute Gasteiger partial charge is 0.496 e. The van der Waals surface area contributed by atoms with Gasteiger partial charge in [0.25, 0.3) is 0 Å². The van der Waals surface area contributed by atoms with E-state index in [1.54, 1.807) is 18.4 Å². The average Bonchev–Trinajstić information content (AvgIpc) is 2.68. The number of hydrogen-bond acceptors (Lipinski definition) is 2. The predicted molar refractivity (Wildman–Crippen MR) is 82.8 cm³/mol. The van der Waals surface area contributed by atoms with Crippen LogP contribution < -0.4 is 4.74 Å². The molecule has 0 aliphatic carbocycles. The standard InChI is InChI=1S/C13H11BrCl2OS/c1-7-5-11(18-13(7)16)12(14)9-6-8(15)3-4-10(9)17-2/h3-6,12H,1-2H3. The van der Waals surface area contributed by atoms with E-state index in [4.69, 9.17) is 27.9 Å². The van der Waals surface area contributed by atoms with Crippen LogP contribution in [0.5, 0.6) is 5.75 Å². The molecule has 2 rings (SSSR count). The fourth-order valence-electron chi connectivity index (χ4n) is 1.66. The second kappa shape index (κ2) is 5.83. The number of aryl methyl sites for hydroxylation is 1. The van der Waals surface area contributed by atoms with Crippen LogP contribution in [0.15, 0.2) is 24.3 Å². The van der Waals surface area contributed by atoms with Crippen molar-refractivity contribution in [1.29, 1.82) is 0 Å². The van der Waals surface area contributed by atoms with Gasteiger partial charge in [-0.05, 0) is 36.8 Å². The van der Waals surface area contributed by atoms with Crippen LogP contribution in [-0.2, 0) is 0 Å². The summed E-state index contributed by atoms with van der Waals surface area (Å²) in [5.74, 6) is 0.809. The summed E-state index contributed by atoms with van der Waals surface area (Å²) < 4.78 is 6.18. The Hall–Kier alpha value is -0.220. The minimum absolute atomic E-state index is 0.0300. The second-order valence-corrected chi connectivity index (χ2v) is 6.89. The summed E-state index contributed by atoms with van der Waals surface area (Å²) in [7, 11) is 1.65. The summed E-state index contributed by atoms with van der Waals surface area (Å²) in [5.41, 5.74) is 2.09. The van der Waals surface area contributed by atoms with Gasteiger partial charge in [0.2, 0.25) is 0 Å². The molecular formula is C13H11BrCl2OS. The van der Waals surface area contributed by atoms with Crippen LogP contribution in [-0.4, -0.2) is 7.11 Å². The molecule has 5 heteroatoms. The highest BCUT2D eigenvalue weighted by Gasteiger charge is 2.18. The van der Waals surface area contributed by atoms with Crippen molar-refractivity contribution in [2.24, 2.45) is 0 Å². The number of methoxy groups -OCH3 is 1. The molecule has 0 amide bonds. The van der Waals surface area contributed by atoms with Crippen LogP contribution in [0.1, 0.15) is 20.8 Å². The Morgan fingerprint density at radius 3 is 2.56 bits per heavy atom. The highest BCUT2D eigenvalue weighted by Crippen LogP contribution is 2.42. The third-order valence-corrected chi connectivity index (χ3v) is 5.74. The van der Waals surface area contributed by atoms with Gasteiger partial charge in [0, 0.05) is 15.5 Å². The molecule has 96 valence electrons. The number of benzene rings is 1. The van der Waals surface area contributed by atoms with Crippen molar-refractivity contribution in [2.75, 3.05) is 7.11 Å². The Labute approximate surface area is 129 Å². The maximum Gasteiger partial charge on any atom is 0.123 e. The number of rotatable bonds is 3. The smallest absolute Gasteiger partial charge is 0.123 e. The van der Waals surface area contributed by atoms with Gasteiger partial charge in [-0.2, -0.15) is 0 Å². The second-order valence-electron chi connectivity index (χ2n) is 3.85. The molecule has 0 aliphatic rings. The highest BCUT2D eigenvalue weighted by molar-refractivity contribution is 9.09. The number of alkyl halides is 1. The molecule has 1 atom stereocenters. The molecule has 0 N–H and O–H groups in total. The van der Waals surface area contributed by atoms with E-state index in [1.165, 1.54) is 0 Å². The quantitative estimate of drug-likeness (QED) is 0.619. The molecule has 1 aromatic carbocycles. The Morgan fingerprint density at radius 2 is 2.00 bits per heavy atom. The molecule has 0 aliphatic heterocycles. The van der Waals surface area contributed by atoms with Gasteiger partial charge >= 0.3 is 0 Å². The Kier molecular flexibility index (Phi) is 4.59. The van der Waals surface area contributed by atoms with Crippen molar-refractivity contribution >= 4 is 50.5 Å². The molecule has 18 heavy (non-hydrogen) atoms. The van der Waals surface area contributed by atoms with Gasteiger partial charge in [-0.1, -0.05) is 39.1 Å². The van der Waals surface area contributed by atoms with Crippen molar-refractivity contribution in [3.63, 3.8) is 0 Å². The fourth-order valence-corrected chi connectivity index (χ4v) is 3.83. The third kappa shape index (κ3) is 2.85. The van der Waals surface area contributed by atoms with Gasteiger partial charge in [0.15, 0.2) is 0 Å². The topological polar surface area (TPSA) is 9.23 Å². The number of ether oxygens (including phenoxy) is 1. The molecular weight excluding hydrogens is 355 g/mol. The highest BCUT2D eigenvalue weighted by atomic mass is 79.9. The maximum atomic E-state index is 6.11. The summed E-state index contributed by atoms with van der Waals surface area (Å²) in [6.45, 7) is 2.00. The SMILES string of the molecule is COc1ccc(Cl)cc1C(Br)c1cc(C)c(Cl)s1. The van der Waals surface area contributed by atoms with E-state index >= 15 is 0 Å². The number of halogens is 3. The van der Waals surface area contributed by atoms with Gasteiger partial charge in [0.05, 0.1) is 16.3 Å². The maximum absolute atomic E-state index is 6.11. The molecule has 0 bridgehead atoms. The van der Waals surface area contributed by atoms with Crippen molar-refractivity contribution < 1.29 is 4.74 Å². The number of hydrogen-bond donors (Lipinski definition) is 0. The molecule has 1 unspecified atom stereocenters. The zero-order chi connectivity index (χ0) is 13.3. The van der Waals surface area contributed by atoms with Crippen molar-refractivity contribution in [2.45, 2.75) is 11.8 Å². The minimum atomic E-state index is 0.0300. The lowest BCUT2D eigenvalue weighted by atomic mass is 10.1. The summed E-state index contributed by atoms with van der Waals surface area (Å²) >= 11 is 17.4. The van der Waals surface area contributed by atoms with Crippen molar-refractivity contribution in [1.82, 2.24) is 0 Å². The molecule has 0 radical (unpaired) electrons. The Balaban J connectivity index is 2.44. The first kappa shape index (κ1) is 14.2. The fraction of sp³-hybridized carbons (Fsp3) is 0.231. The summed E-state index contributed by atoms with van der Waals surface area (Å²) in [5, 5.41) is 0.689. The lowest BCUT2D eigenvalue weighted by molar-refractivity contribution is 0.410. The van der Waals surface area contributed by atoms with Crippen LogP contribution in [0, 0.1) is 6.92 Å². The van der Waals surface area contributed by atoms with E-state index in [0.29, 0.717) is 5.02 Å². The first-order valence-electron chi connectivity index (χ1n) is 5.26. The first-order valence-corrected chi connectivity index (χ1v) is 7.75. The Morgan fingerprint density at radius 1 is 1.28 bits per heavy atom. The van der Waals surface area contributed by atoms with Gasteiger partial charge in [-0.25, -0.2) is 0 Å². The zero-order valence-electron chi connectivity index (χ0n) is 9.84. The van der Waals surface area contributed by atoms with Crippen LogP contribution in [0.3, 0.4) is 0 Å². The lowest BCUT2D eigenvalue weighted by Crippen LogP contribution is -1.95. The van der Waals surface area contributed by atoms with E-state index < -0.39 is 0 Å². The zero-order valence-corrected chi connectivity index (χ0v) is 13.8. The van der Waals surface area contributed by atoms with Crippen LogP contribution in [0.25, 0.3) is 0 Å².